The Morgan fingerprint density at radius 3 is 2.85 bits per heavy atom. The zero-order chi connectivity index (χ0) is 14.8. The van der Waals surface area contributed by atoms with Crippen LogP contribution in [0.15, 0.2) is 24.3 Å². The quantitative estimate of drug-likeness (QED) is 0.598. The highest BCUT2D eigenvalue weighted by Crippen LogP contribution is 2.21. The van der Waals surface area contributed by atoms with Crippen LogP contribution in [0.4, 0.5) is 0 Å². The largest absolute Gasteiger partial charge is 0.387 e. The summed E-state index contributed by atoms with van der Waals surface area (Å²) in [7, 11) is 1.59. The molecule has 1 aromatic rings. The number of aliphatic hydroxyl groups is 1. The highest BCUT2D eigenvalue weighted by atomic mass is 35.5. The zero-order valence-electron chi connectivity index (χ0n) is 11.6. The van der Waals surface area contributed by atoms with Gasteiger partial charge in [0.2, 0.25) is 5.91 Å². The van der Waals surface area contributed by atoms with Gasteiger partial charge >= 0.3 is 0 Å². The van der Waals surface area contributed by atoms with Crippen LogP contribution in [0.2, 0.25) is 5.02 Å². The number of aliphatic hydroxyl groups excluding tert-OH is 1. The first-order valence-corrected chi connectivity index (χ1v) is 6.91. The third-order valence-corrected chi connectivity index (χ3v) is 3.10. The summed E-state index contributed by atoms with van der Waals surface area (Å²) < 4.78 is 4.83. The minimum absolute atomic E-state index is 0.0400. The number of ether oxygens (including phenoxy) is 1. The van der Waals surface area contributed by atoms with Gasteiger partial charge in [-0.2, -0.15) is 0 Å². The summed E-state index contributed by atoms with van der Waals surface area (Å²) in [4.78, 5) is 11.4. The first-order chi connectivity index (χ1) is 9.65. The van der Waals surface area contributed by atoms with E-state index in [0.29, 0.717) is 43.2 Å². The third-order valence-electron chi connectivity index (χ3n) is 2.76. The molecule has 0 bridgehead atoms. The molecule has 0 aromatic heterocycles. The minimum atomic E-state index is -0.680. The molecule has 112 valence electrons. The van der Waals surface area contributed by atoms with Crippen LogP contribution >= 0.6 is 11.6 Å². The first kappa shape index (κ1) is 16.9. The molecule has 3 N–H and O–H groups in total. The number of rotatable bonds is 9. The molecule has 0 aliphatic rings. The number of carbonyl (C=O) groups excluding carboxylic acids is 1. The van der Waals surface area contributed by atoms with Crippen molar-refractivity contribution < 1.29 is 14.6 Å². The number of carbonyl (C=O) groups is 1. The highest BCUT2D eigenvalue weighted by Gasteiger charge is 2.10. The van der Waals surface area contributed by atoms with Gasteiger partial charge in [0.1, 0.15) is 0 Å². The lowest BCUT2D eigenvalue weighted by Gasteiger charge is -2.13. The fraction of sp³-hybridized carbons (Fsp3) is 0.500. The van der Waals surface area contributed by atoms with Gasteiger partial charge in [-0.1, -0.05) is 29.8 Å². The van der Waals surface area contributed by atoms with Crippen molar-refractivity contribution in [3.8, 4) is 0 Å². The summed E-state index contributed by atoms with van der Waals surface area (Å²) in [6, 6.07) is 7.17. The first-order valence-electron chi connectivity index (χ1n) is 6.54. The standard InChI is InChI=1S/C14H21ClN2O3/c1-20-9-8-17-14(19)6-7-16-10-13(18)11-4-2-3-5-12(11)15/h2-5,13,16,18H,6-10H2,1H3,(H,17,19). The monoisotopic (exact) mass is 300 g/mol. The number of nitrogens with one attached hydrogen (secondary N) is 2. The second-order valence-corrected chi connectivity index (χ2v) is 4.74. The molecule has 1 rings (SSSR count). The Morgan fingerprint density at radius 1 is 1.40 bits per heavy atom. The maximum Gasteiger partial charge on any atom is 0.221 e. The molecule has 5 nitrogen and oxygen atoms in total. The van der Waals surface area contributed by atoms with E-state index in [1.54, 1.807) is 19.2 Å². The lowest BCUT2D eigenvalue weighted by atomic mass is 10.1. The number of benzene rings is 1. The van der Waals surface area contributed by atoms with Gasteiger partial charge in [0, 0.05) is 43.8 Å². The van der Waals surface area contributed by atoms with Crippen LogP contribution in [0, 0.1) is 0 Å². The molecule has 0 fully saturated rings. The Hall–Kier alpha value is -1.14. The van der Waals surface area contributed by atoms with E-state index in [4.69, 9.17) is 16.3 Å². The lowest BCUT2D eigenvalue weighted by molar-refractivity contribution is -0.121. The van der Waals surface area contributed by atoms with E-state index in [1.165, 1.54) is 0 Å². The zero-order valence-corrected chi connectivity index (χ0v) is 12.3. The van der Waals surface area contributed by atoms with Crippen molar-refractivity contribution in [2.75, 3.05) is 33.4 Å². The van der Waals surface area contributed by atoms with Gasteiger partial charge in [-0.25, -0.2) is 0 Å². The molecule has 0 aliphatic carbocycles. The highest BCUT2D eigenvalue weighted by molar-refractivity contribution is 6.31. The normalized spacial score (nSPS) is 12.2. The molecular weight excluding hydrogens is 280 g/mol. The predicted molar refractivity (Wildman–Crippen MR) is 78.8 cm³/mol. The molecule has 1 atom stereocenters. The van der Waals surface area contributed by atoms with Crippen LogP contribution in [-0.4, -0.2) is 44.4 Å². The Morgan fingerprint density at radius 2 is 2.15 bits per heavy atom. The van der Waals surface area contributed by atoms with Gasteiger partial charge in [0.25, 0.3) is 0 Å². The molecule has 0 radical (unpaired) electrons. The van der Waals surface area contributed by atoms with Crippen molar-refractivity contribution in [2.24, 2.45) is 0 Å². The van der Waals surface area contributed by atoms with E-state index >= 15 is 0 Å². The molecule has 0 heterocycles. The van der Waals surface area contributed by atoms with E-state index < -0.39 is 6.10 Å². The smallest absolute Gasteiger partial charge is 0.221 e. The van der Waals surface area contributed by atoms with E-state index in [9.17, 15) is 9.90 Å². The summed E-state index contributed by atoms with van der Waals surface area (Å²) in [6.45, 7) is 1.87. The molecule has 0 aliphatic heterocycles. The SMILES string of the molecule is COCCNC(=O)CCNCC(O)c1ccccc1Cl. The van der Waals surface area contributed by atoms with Crippen molar-refractivity contribution >= 4 is 17.5 Å². The van der Waals surface area contributed by atoms with Crippen LogP contribution < -0.4 is 10.6 Å². The molecule has 0 saturated carbocycles. The number of halogens is 1. The van der Waals surface area contributed by atoms with Gasteiger partial charge < -0.3 is 20.5 Å². The van der Waals surface area contributed by atoms with Crippen molar-refractivity contribution in [1.82, 2.24) is 10.6 Å². The van der Waals surface area contributed by atoms with Gasteiger partial charge in [-0.3, -0.25) is 4.79 Å². The van der Waals surface area contributed by atoms with E-state index in [1.807, 2.05) is 12.1 Å². The Labute approximate surface area is 124 Å². The van der Waals surface area contributed by atoms with E-state index in [2.05, 4.69) is 10.6 Å². The Bertz CT molecular complexity index is 415. The molecule has 0 saturated heterocycles. The molecule has 1 unspecified atom stereocenters. The predicted octanol–water partition coefficient (Wildman–Crippen LogP) is 1.12. The molecular formula is C14H21ClN2O3. The maximum absolute atomic E-state index is 11.4. The number of amides is 1. The number of hydrogen-bond acceptors (Lipinski definition) is 4. The second kappa shape index (κ2) is 9.72. The maximum atomic E-state index is 11.4. The van der Waals surface area contributed by atoms with Crippen molar-refractivity contribution in [2.45, 2.75) is 12.5 Å². The summed E-state index contributed by atoms with van der Waals surface area (Å²) in [5, 5.41) is 16.3. The third kappa shape index (κ3) is 6.34. The molecule has 6 heteroatoms. The second-order valence-electron chi connectivity index (χ2n) is 4.33. The van der Waals surface area contributed by atoms with Gasteiger partial charge in [-0.05, 0) is 6.07 Å². The summed E-state index contributed by atoms with van der Waals surface area (Å²) in [5.41, 5.74) is 0.686. The van der Waals surface area contributed by atoms with Gasteiger partial charge in [0.15, 0.2) is 0 Å². The minimum Gasteiger partial charge on any atom is -0.387 e. The van der Waals surface area contributed by atoms with Crippen LogP contribution in [0.1, 0.15) is 18.1 Å². The van der Waals surface area contributed by atoms with Crippen molar-refractivity contribution in [3.05, 3.63) is 34.9 Å². The fourth-order valence-corrected chi connectivity index (χ4v) is 1.94. The molecule has 0 spiro atoms. The molecule has 1 amide bonds. The lowest BCUT2D eigenvalue weighted by Crippen LogP contribution is -2.31. The van der Waals surface area contributed by atoms with Crippen LogP contribution in [0.25, 0.3) is 0 Å². The Balaban J connectivity index is 2.18. The average Bonchev–Trinajstić information content (AvgIpc) is 2.44. The van der Waals surface area contributed by atoms with E-state index in [-0.39, 0.29) is 5.91 Å². The Kier molecular flexibility index (Phi) is 8.22. The fourth-order valence-electron chi connectivity index (χ4n) is 1.68. The van der Waals surface area contributed by atoms with Gasteiger partial charge in [0.05, 0.1) is 12.7 Å². The topological polar surface area (TPSA) is 70.6 Å². The van der Waals surface area contributed by atoms with Crippen molar-refractivity contribution in [3.63, 3.8) is 0 Å². The van der Waals surface area contributed by atoms with Gasteiger partial charge in [-0.15, -0.1) is 0 Å². The van der Waals surface area contributed by atoms with Crippen molar-refractivity contribution in [1.29, 1.82) is 0 Å². The number of methoxy groups -OCH3 is 1. The van der Waals surface area contributed by atoms with E-state index in [0.717, 1.165) is 0 Å². The summed E-state index contributed by atoms with van der Waals surface area (Å²) in [5.74, 6) is -0.0400. The molecule has 20 heavy (non-hydrogen) atoms. The van der Waals surface area contributed by atoms with Crippen LogP contribution in [0.5, 0.6) is 0 Å². The van der Waals surface area contributed by atoms with Crippen LogP contribution in [0.3, 0.4) is 0 Å². The summed E-state index contributed by atoms with van der Waals surface area (Å²) >= 11 is 5.99. The number of hydrogen-bond donors (Lipinski definition) is 3. The summed E-state index contributed by atoms with van der Waals surface area (Å²) in [6.07, 6.45) is -0.320. The molecule has 1 aromatic carbocycles. The average molecular weight is 301 g/mol. The van der Waals surface area contributed by atoms with Crippen LogP contribution in [-0.2, 0) is 9.53 Å².